The molecule has 0 saturated carbocycles. The van der Waals surface area contributed by atoms with Crippen LogP contribution in [-0.2, 0) is 12.6 Å². The van der Waals surface area contributed by atoms with Gasteiger partial charge in [0.05, 0.1) is 35.3 Å². The largest absolute Gasteiger partial charge is 0.493 e. The fraction of sp³-hybridized carbons (Fsp3) is 0.143. The molecular formula is C28H22F3N3O3. The van der Waals surface area contributed by atoms with E-state index in [4.69, 9.17) is 4.74 Å². The lowest BCUT2D eigenvalue weighted by atomic mass is 10.0. The van der Waals surface area contributed by atoms with E-state index in [0.29, 0.717) is 41.6 Å². The van der Waals surface area contributed by atoms with Crippen molar-refractivity contribution in [3.63, 3.8) is 0 Å². The number of carboxylic acids is 1. The Morgan fingerprint density at radius 3 is 2.54 bits per heavy atom. The van der Waals surface area contributed by atoms with Gasteiger partial charge in [0.1, 0.15) is 11.4 Å². The molecule has 5 aromatic rings. The number of nitrogens with zero attached hydrogens (tertiary/aromatic N) is 1. The average molecular weight is 505 g/mol. The van der Waals surface area contributed by atoms with Gasteiger partial charge in [0, 0.05) is 17.0 Å². The van der Waals surface area contributed by atoms with Gasteiger partial charge in [-0.1, -0.05) is 48.5 Å². The molecule has 0 bridgehead atoms. The summed E-state index contributed by atoms with van der Waals surface area (Å²) in [5.74, 6) is -0.400. The molecule has 2 aromatic heterocycles. The van der Waals surface area contributed by atoms with Crippen LogP contribution in [0.3, 0.4) is 0 Å². The first kappa shape index (κ1) is 24.2. The highest BCUT2D eigenvalue weighted by Crippen LogP contribution is 2.37. The van der Waals surface area contributed by atoms with Crippen molar-refractivity contribution in [2.75, 3.05) is 11.9 Å². The lowest BCUT2D eigenvalue weighted by Gasteiger charge is -2.14. The summed E-state index contributed by atoms with van der Waals surface area (Å²) in [5.41, 5.74) is 0.194. The topological polar surface area (TPSA) is 87.2 Å². The summed E-state index contributed by atoms with van der Waals surface area (Å²) >= 11 is 0. The number of ether oxygens (including phenoxy) is 1. The molecule has 0 aliphatic carbocycles. The van der Waals surface area contributed by atoms with Crippen molar-refractivity contribution < 1.29 is 27.8 Å². The number of halogens is 3. The van der Waals surface area contributed by atoms with E-state index in [1.54, 1.807) is 18.2 Å². The van der Waals surface area contributed by atoms with Crippen LogP contribution in [0.1, 0.15) is 28.0 Å². The summed E-state index contributed by atoms with van der Waals surface area (Å²) in [7, 11) is 0. The number of carboxylic acid groups (broad SMARTS) is 1. The maximum Gasteiger partial charge on any atom is 0.418 e. The van der Waals surface area contributed by atoms with E-state index in [0.717, 1.165) is 35.0 Å². The first-order valence-corrected chi connectivity index (χ1v) is 11.6. The number of fused-ring (bicyclic) bond motifs is 2. The molecule has 3 aromatic carbocycles. The predicted molar refractivity (Wildman–Crippen MR) is 136 cm³/mol. The number of benzene rings is 3. The number of carbonyl (C=O) groups is 1. The first-order valence-electron chi connectivity index (χ1n) is 11.6. The molecule has 3 N–H and O–H groups in total. The van der Waals surface area contributed by atoms with Crippen molar-refractivity contribution in [2.24, 2.45) is 0 Å². The van der Waals surface area contributed by atoms with E-state index in [1.807, 2.05) is 42.5 Å². The van der Waals surface area contributed by atoms with E-state index in [-0.39, 0.29) is 11.4 Å². The quantitative estimate of drug-likeness (QED) is 0.194. The molecule has 0 fully saturated rings. The molecule has 0 unspecified atom stereocenters. The van der Waals surface area contributed by atoms with Gasteiger partial charge in [-0.25, -0.2) is 4.79 Å². The number of hydrogen-bond donors (Lipinski definition) is 3. The normalized spacial score (nSPS) is 11.6. The van der Waals surface area contributed by atoms with Crippen molar-refractivity contribution in [3.8, 4) is 5.75 Å². The highest BCUT2D eigenvalue weighted by atomic mass is 19.4. The second kappa shape index (κ2) is 9.85. The van der Waals surface area contributed by atoms with Crippen molar-refractivity contribution in [1.82, 2.24) is 9.97 Å². The Morgan fingerprint density at radius 2 is 1.73 bits per heavy atom. The number of hydrogen-bond acceptors (Lipinski definition) is 4. The Hall–Kier alpha value is -4.53. The Bertz CT molecular complexity index is 1590. The van der Waals surface area contributed by atoms with Crippen molar-refractivity contribution in [3.05, 3.63) is 95.9 Å². The van der Waals surface area contributed by atoms with Gasteiger partial charge in [0.25, 0.3) is 0 Å². The molecule has 37 heavy (non-hydrogen) atoms. The number of aryl methyl sites for hydroxylation is 1. The van der Waals surface area contributed by atoms with Crippen molar-refractivity contribution in [2.45, 2.75) is 19.0 Å². The van der Waals surface area contributed by atoms with Gasteiger partial charge in [-0.2, -0.15) is 13.2 Å². The van der Waals surface area contributed by atoms with E-state index in [1.165, 1.54) is 0 Å². The fourth-order valence-electron chi connectivity index (χ4n) is 4.46. The number of aromatic amines is 1. The summed E-state index contributed by atoms with van der Waals surface area (Å²) in [5, 5.41) is 15.3. The molecule has 6 nitrogen and oxygen atoms in total. The molecule has 0 saturated heterocycles. The maximum atomic E-state index is 13.5. The lowest BCUT2D eigenvalue weighted by Crippen LogP contribution is -2.09. The van der Waals surface area contributed by atoms with Crippen LogP contribution < -0.4 is 10.1 Å². The Morgan fingerprint density at radius 1 is 0.973 bits per heavy atom. The van der Waals surface area contributed by atoms with Gasteiger partial charge >= 0.3 is 12.1 Å². The third kappa shape index (κ3) is 4.93. The van der Waals surface area contributed by atoms with E-state index in [9.17, 15) is 23.1 Å². The molecule has 9 heteroatoms. The minimum Gasteiger partial charge on any atom is -0.493 e. The molecule has 0 atom stereocenters. The van der Waals surface area contributed by atoms with Crippen molar-refractivity contribution in [1.29, 1.82) is 0 Å². The monoisotopic (exact) mass is 505 g/mol. The highest BCUT2D eigenvalue weighted by Gasteiger charge is 2.33. The average Bonchev–Trinajstić information content (AvgIpc) is 3.26. The SMILES string of the molecule is O=C(O)c1[nH]c2c(Nc3cnccc3C(F)(F)F)cccc2c1CCCOc1cccc2ccccc12. The van der Waals surface area contributed by atoms with E-state index >= 15 is 0 Å². The molecule has 0 radical (unpaired) electrons. The maximum absolute atomic E-state index is 13.5. The van der Waals surface area contributed by atoms with E-state index < -0.39 is 17.7 Å². The van der Waals surface area contributed by atoms with Crippen LogP contribution in [0, 0.1) is 0 Å². The van der Waals surface area contributed by atoms with Crippen LogP contribution in [0.15, 0.2) is 79.1 Å². The van der Waals surface area contributed by atoms with Gasteiger partial charge in [-0.05, 0) is 42.0 Å². The lowest BCUT2D eigenvalue weighted by molar-refractivity contribution is -0.137. The van der Waals surface area contributed by atoms with Gasteiger partial charge in [-0.3, -0.25) is 4.98 Å². The number of alkyl halides is 3. The summed E-state index contributed by atoms with van der Waals surface area (Å²) in [6, 6.07) is 19.6. The van der Waals surface area contributed by atoms with Gasteiger partial charge < -0.3 is 20.1 Å². The van der Waals surface area contributed by atoms with Gasteiger partial charge in [0.15, 0.2) is 0 Å². The Labute approximate surface area is 209 Å². The number of anilines is 2. The Kier molecular flexibility index (Phi) is 6.43. The van der Waals surface area contributed by atoms with Crippen LogP contribution in [-0.4, -0.2) is 27.7 Å². The number of pyridine rings is 1. The molecule has 0 aliphatic rings. The minimum atomic E-state index is -4.57. The molecule has 0 spiro atoms. The molecule has 188 valence electrons. The number of para-hydroxylation sites is 1. The van der Waals surface area contributed by atoms with E-state index in [2.05, 4.69) is 15.3 Å². The molecule has 0 amide bonds. The zero-order valence-electron chi connectivity index (χ0n) is 19.5. The molecule has 0 aliphatic heterocycles. The van der Waals surface area contributed by atoms with Crippen LogP contribution in [0.4, 0.5) is 24.5 Å². The standard InChI is InChI=1S/C28H22F3N3O3/c29-28(30,31)21-13-14-32-16-23(21)33-22-11-4-9-19-20(26(27(35)36)34-25(19)22)10-5-15-37-24-12-3-7-17-6-1-2-8-18(17)24/h1-4,6-9,11-14,16,33-34H,5,10,15H2,(H,35,36). The van der Waals surface area contributed by atoms with Crippen LogP contribution in [0.5, 0.6) is 5.75 Å². The third-order valence-corrected chi connectivity index (χ3v) is 6.13. The number of rotatable bonds is 8. The summed E-state index contributed by atoms with van der Waals surface area (Å²) < 4.78 is 46.4. The fourth-order valence-corrected chi connectivity index (χ4v) is 4.46. The van der Waals surface area contributed by atoms with Gasteiger partial charge in [0.2, 0.25) is 0 Å². The number of nitrogens with one attached hydrogen (secondary N) is 2. The number of aromatic carboxylic acids is 1. The van der Waals surface area contributed by atoms with Crippen LogP contribution in [0.25, 0.3) is 21.7 Å². The number of H-pyrrole nitrogens is 1. The highest BCUT2D eigenvalue weighted by molar-refractivity contribution is 6.02. The summed E-state index contributed by atoms with van der Waals surface area (Å²) in [6.07, 6.45) is -1.47. The molecule has 2 heterocycles. The number of aromatic nitrogens is 2. The van der Waals surface area contributed by atoms with Crippen LogP contribution >= 0.6 is 0 Å². The second-order valence-electron chi connectivity index (χ2n) is 8.49. The molecule has 5 rings (SSSR count). The first-order chi connectivity index (χ1) is 17.8. The summed E-state index contributed by atoms with van der Waals surface area (Å²) in [6.45, 7) is 0.363. The Balaban J connectivity index is 1.39. The van der Waals surface area contributed by atoms with Gasteiger partial charge in [-0.15, -0.1) is 0 Å². The zero-order valence-corrected chi connectivity index (χ0v) is 19.5. The van der Waals surface area contributed by atoms with Crippen molar-refractivity contribution >= 4 is 39.0 Å². The smallest absolute Gasteiger partial charge is 0.418 e. The minimum absolute atomic E-state index is 0.00311. The predicted octanol–water partition coefficient (Wildman–Crippen LogP) is 7.19. The second-order valence-corrected chi connectivity index (χ2v) is 8.49. The zero-order chi connectivity index (χ0) is 26.0. The molecular weight excluding hydrogens is 483 g/mol. The van der Waals surface area contributed by atoms with Crippen LogP contribution in [0.2, 0.25) is 0 Å². The third-order valence-electron chi connectivity index (χ3n) is 6.13. The summed E-state index contributed by atoms with van der Waals surface area (Å²) in [4.78, 5) is 18.7.